The van der Waals surface area contributed by atoms with Crippen molar-refractivity contribution < 1.29 is 31.1 Å². The second kappa shape index (κ2) is 14.5. The summed E-state index contributed by atoms with van der Waals surface area (Å²) in [5, 5.41) is 0. The lowest BCUT2D eigenvalue weighted by atomic mass is 9.45. The maximum atomic E-state index is 12.2. The zero-order valence-electron chi connectivity index (χ0n) is 25.2. The summed E-state index contributed by atoms with van der Waals surface area (Å²) in [5.41, 5.74) is -4.02. The Hall–Kier alpha value is -0.860. The van der Waals surface area contributed by atoms with Crippen molar-refractivity contribution in [1.29, 1.82) is 0 Å². The molecule has 0 aromatic rings. The van der Waals surface area contributed by atoms with Crippen molar-refractivity contribution in [2.45, 2.75) is 137 Å². The predicted octanol–water partition coefficient (Wildman–Crippen LogP) is 11.0. The van der Waals surface area contributed by atoms with Gasteiger partial charge in [-0.25, -0.2) is 0 Å². The molecule has 1 N–H and O–H groups in total. The summed E-state index contributed by atoms with van der Waals surface area (Å²) in [4.78, 5) is 11.8. The average Bonchev–Trinajstić information content (AvgIpc) is 3.23. The summed E-state index contributed by atoms with van der Waals surface area (Å²) < 4.78 is 72.8. The third kappa shape index (κ3) is 8.59. The fourth-order valence-corrected chi connectivity index (χ4v) is 9.05. The standard InChI is InChI=1S/C24H38F3NOS.C5H7F3.C2H6/c1-22-14-4-3-6-16(22)9-11-18-19-12-10-17(23(19,2)15-13-20(18)22)7-5-8-21(29)28-30-24(25,26)27;1-3-4(2)5(6,7)8;1-2/h16-20H,3-15H2,1-2H3,(H,28,29);3H,1-2H3;1-2H3/b;4-3+;. The maximum absolute atomic E-state index is 12.2. The fourth-order valence-electron chi connectivity index (χ4n) is 8.72. The molecule has 4 aliphatic rings. The molecule has 0 spiro atoms. The number of carbonyl (C=O) groups is 1. The molecule has 7 unspecified atom stereocenters. The minimum Gasteiger partial charge on any atom is -0.293 e. The van der Waals surface area contributed by atoms with Gasteiger partial charge in [-0.2, -0.15) is 26.3 Å². The Morgan fingerprint density at radius 3 is 2.12 bits per heavy atom. The predicted molar refractivity (Wildman–Crippen MR) is 152 cm³/mol. The van der Waals surface area contributed by atoms with E-state index in [0.717, 1.165) is 43.1 Å². The van der Waals surface area contributed by atoms with Crippen molar-refractivity contribution in [2.75, 3.05) is 0 Å². The van der Waals surface area contributed by atoms with E-state index in [2.05, 4.69) is 13.8 Å². The maximum Gasteiger partial charge on any atom is 0.461 e. The highest BCUT2D eigenvalue weighted by Crippen LogP contribution is 2.67. The van der Waals surface area contributed by atoms with E-state index in [0.29, 0.717) is 23.2 Å². The first-order valence-corrected chi connectivity index (χ1v) is 16.2. The normalized spacial score (nSPS) is 35.6. The molecular formula is C31H51F6NOS. The lowest BCUT2D eigenvalue weighted by Crippen LogP contribution is -2.52. The zero-order valence-corrected chi connectivity index (χ0v) is 26.1. The van der Waals surface area contributed by atoms with Gasteiger partial charge in [0.25, 0.3) is 0 Å². The quantitative estimate of drug-likeness (QED) is 0.193. The number of hydrogen-bond donors (Lipinski definition) is 1. The van der Waals surface area contributed by atoms with Crippen LogP contribution in [0.15, 0.2) is 11.6 Å². The summed E-state index contributed by atoms with van der Waals surface area (Å²) in [6.45, 7) is 11.5. The first-order valence-electron chi connectivity index (χ1n) is 15.4. The summed E-state index contributed by atoms with van der Waals surface area (Å²) in [7, 11) is 0. The van der Waals surface area contributed by atoms with E-state index in [1.165, 1.54) is 71.1 Å². The Balaban J connectivity index is 0.000000484. The Bertz CT molecular complexity index is 843. The Morgan fingerprint density at radius 1 is 0.900 bits per heavy atom. The third-order valence-corrected chi connectivity index (χ3v) is 11.5. The third-order valence-electron chi connectivity index (χ3n) is 10.9. The molecule has 0 aromatic carbocycles. The summed E-state index contributed by atoms with van der Waals surface area (Å²) in [5.74, 6) is 3.67. The van der Waals surface area contributed by atoms with Gasteiger partial charge < -0.3 is 0 Å². The van der Waals surface area contributed by atoms with E-state index in [1.807, 2.05) is 18.6 Å². The smallest absolute Gasteiger partial charge is 0.293 e. The van der Waals surface area contributed by atoms with Crippen LogP contribution in [0.1, 0.15) is 125 Å². The second-order valence-corrected chi connectivity index (χ2v) is 13.5. The molecule has 0 aliphatic heterocycles. The molecule has 4 saturated carbocycles. The summed E-state index contributed by atoms with van der Waals surface area (Å²) in [6, 6.07) is 0. The van der Waals surface area contributed by atoms with Gasteiger partial charge in [-0.1, -0.05) is 46.6 Å². The highest BCUT2D eigenvalue weighted by molar-refractivity contribution is 7.98. The van der Waals surface area contributed by atoms with Gasteiger partial charge in [-0.3, -0.25) is 9.52 Å². The van der Waals surface area contributed by atoms with E-state index in [1.54, 1.807) is 0 Å². The molecule has 234 valence electrons. The topological polar surface area (TPSA) is 29.1 Å². The number of rotatable bonds is 5. The SMILES string of the molecule is C/C=C(\C)C(F)(F)F.CC.CC12CCCCC1CCC1C2CCC2(C)C(CCCC(=O)NSC(F)(F)F)CCC12. The number of carbonyl (C=O) groups excluding carboxylic acids is 1. The van der Waals surface area contributed by atoms with Gasteiger partial charge in [0.2, 0.25) is 5.91 Å². The summed E-state index contributed by atoms with van der Waals surface area (Å²) in [6.07, 6.45) is 12.6. The molecule has 4 aliphatic carbocycles. The van der Waals surface area contributed by atoms with Crippen LogP contribution in [0.2, 0.25) is 0 Å². The summed E-state index contributed by atoms with van der Waals surface area (Å²) >= 11 is -0.437. The van der Waals surface area contributed by atoms with Gasteiger partial charge in [-0.05, 0) is 118 Å². The Morgan fingerprint density at radius 2 is 1.55 bits per heavy atom. The van der Waals surface area contributed by atoms with E-state index < -0.39 is 35.1 Å². The number of allylic oxidation sites excluding steroid dienone is 2. The number of amides is 1. The number of fused-ring (bicyclic) bond motifs is 5. The zero-order chi connectivity index (χ0) is 30.4. The van der Waals surface area contributed by atoms with Crippen molar-refractivity contribution in [2.24, 2.45) is 40.4 Å². The number of hydrogen-bond acceptors (Lipinski definition) is 2. The molecule has 1 amide bonds. The molecule has 0 radical (unpaired) electrons. The number of halogens is 6. The van der Waals surface area contributed by atoms with Crippen LogP contribution < -0.4 is 4.72 Å². The molecule has 40 heavy (non-hydrogen) atoms. The molecule has 9 heteroatoms. The van der Waals surface area contributed by atoms with Crippen molar-refractivity contribution >= 4 is 17.9 Å². The van der Waals surface area contributed by atoms with Crippen LogP contribution in [0.5, 0.6) is 0 Å². The first-order chi connectivity index (χ1) is 18.6. The van der Waals surface area contributed by atoms with Crippen molar-refractivity contribution in [3.8, 4) is 0 Å². The molecule has 0 saturated heterocycles. The molecule has 0 bridgehead atoms. The Labute approximate surface area is 242 Å². The molecule has 0 aromatic heterocycles. The molecule has 4 fully saturated rings. The van der Waals surface area contributed by atoms with Crippen molar-refractivity contribution in [3.63, 3.8) is 0 Å². The highest BCUT2D eigenvalue weighted by Gasteiger charge is 2.59. The number of nitrogens with one attached hydrogen (secondary N) is 1. The van der Waals surface area contributed by atoms with Crippen molar-refractivity contribution in [1.82, 2.24) is 4.72 Å². The monoisotopic (exact) mass is 599 g/mol. The van der Waals surface area contributed by atoms with Crippen LogP contribution in [-0.2, 0) is 4.79 Å². The lowest BCUT2D eigenvalue weighted by Gasteiger charge is -2.60. The van der Waals surface area contributed by atoms with Crippen LogP contribution in [0.4, 0.5) is 26.3 Å². The highest BCUT2D eigenvalue weighted by atomic mass is 32.2. The van der Waals surface area contributed by atoms with Crippen LogP contribution in [0.3, 0.4) is 0 Å². The van der Waals surface area contributed by atoms with E-state index in [9.17, 15) is 31.1 Å². The van der Waals surface area contributed by atoms with Gasteiger partial charge in [0.05, 0.1) is 11.9 Å². The molecule has 0 heterocycles. The first kappa shape index (κ1) is 35.3. The minimum atomic E-state index is -4.41. The van der Waals surface area contributed by atoms with Crippen LogP contribution in [0.25, 0.3) is 0 Å². The molecule has 7 atom stereocenters. The minimum absolute atomic E-state index is 0.201. The van der Waals surface area contributed by atoms with Crippen LogP contribution >= 0.6 is 11.9 Å². The lowest BCUT2D eigenvalue weighted by molar-refractivity contribution is -0.120. The molecule has 2 nitrogen and oxygen atoms in total. The van der Waals surface area contributed by atoms with Gasteiger partial charge >= 0.3 is 11.7 Å². The van der Waals surface area contributed by atoms with Crippen LogP contribution in [0, 0.1) is 40.4 Å². The molecular weight excluding hydrogens is 548 g/mol. The van der Waals surface area contributed by atoms with Crippen LogP contribution in [-0.4, -0.2) is 17.6 Å². The number of alkyl halides is 6. The van der Waals surface area contributed by atoms with E-state index >= 15 is 0 Å². The largest absolute Gasteiger partial charge is 0.461 e. The van der Waals surface area contributed by atoms with Gasteiger partial charge in [0, 0.05) is 12.0 Å². The second-order valence-electron chi connectivity index (χ2n) is 12.7. The molecule has 4 rings (SSSR count). The van der Waals surface area contributed by atoms with Crippen molar-refractivity contribution in [3.05, 3.63) is 11.6 Å². The van der Waals surface area contributed by atoms with Gasteiger partial charge in [0.1, 0.15) is 0 Å². The van der Waals surface area contributed by atoms with Gasteiger partial charge in [0.15, 0.2) is 0 Å². The fraction of sp³-hybridized carbons (Fsp3) is 0.903. The average molecular weight is 600 g/mol. The van der Waals surface area contributed by atoms with E-state index in [4.69, 9.17) is 0 Å². The van der Waals surface area contributed by atoms with Gasteiger partial charge in [-0.15, -0.1) is 0 Å². The Kier molecular flexibility index (Phi) is 12.9. The van der Waals surface area contributed by atoms with E-state index in [-0.39, 0.29) is 6.42 Å².